The van der Waals surface area contributed by atoms with Crippen LogP contribution in [0.1, 0.15) is 13.3 Å². The Labute approximate surface area is 78.8 Å². The molecule has 0 saturated carbocycles. The fourth-order valence-electron chi connectivity index (χ4n) is 0.951. The highest BCUT2D eigenvalue weighted by Gasteiger charge is 2.10. The summed E-state index contributed by atoms with van der Waals surface area (Å²) in [5.41, 5.74) is 5.09. The van der Waals surface area contributed by atoms with Gasteiger partial charge in [-0.2, -0.15) is 0 Å². The minimum atomic E-state index is -0.471. The van der Waals surface area contributed by atoms with E-state index in [0.717, 1.165) is 6.42 Å². The molecule has 76 valence electrons. The Balaban J connectivity index is 3.71. The number of carbonyl (C=O) groups is 1. The second kappa shape index (κ2) is 6.62. The molecule has 0 aliphatic carbocycles. The first-order valence-corrected chi connectivity index (χ1v) is 4.38. The SMILES string of the molecule is C=CC(NCC(C)CCO)C(N)=O. The largest absolute Gasteiger partial charge is 0.396 e. The van der Waals surface area contributed by atoms with E-state index in [1.807, 2.05) is 6.92 Å². The number of nitrogens with one attached hydrogen (secondary N) is 1. The lowest BCUT2D eigenvalue weighted by atomic mass is 10.1. The fourth-order valence-corrected chi connectivity index (χ4v) is 0.951. The standard InChI is InChI=1S/C9H18N2O2/c1-3-8(9(10)13)11-6-7(2)4-5-12/h3,7-8,11-12H,1,4-6H2,2H3,(H2,10,13). The van der Waals surface area contributed by atoms with Gasteiger partial charge in [0.1, 0.15) is 6.04 Å². The van der Waals surface area contributed by atoms with Crippen molar-refractivity contribution in [3.8, 4) is 0 Å². The summed E-state index contributed by atoms with van der Waals surface area (Å²) in [5, 5.41) is 11.6. The first-order chi connectivity index (χ1) is 6.11. The molecule has 13 heavy (non-hydrogen) atoms. The Morgan fingerprint density at radius 2 is 2.38 bits per heavy atom. The number of nitrogens with two attached hydrogens (primary N) is 1. The van der Waals surface area contributed by atoms with Crippen molar-refractivity contribution in [1.29, 1.82) is 0 Å². The molecule has 4 N–H and O–H groups in total. The van der Waals surface area contributed by atoms with Crippen LogP contribution in [0.5, 0.6) is 0 Å². The van der Waals surface area contributed by atoms with Gasteiger partial charge in [0.2, 0.25) is 5.91 Å². The number of aliphatic hydroxyl groups excluding tert-OH is 1. The van der Waals surface area contributed by atoms with Crippen LogP contribution >= 0.6 is 0 Å². The van der Waals surface area contributed by atoms with Crippen molar-refractivity contribution in [2.45, 2.75) is 19.4 Å². The zero-order chi connectivity index (χ0) is 10.3. The van der Waals surface area contributed by atoms with Crippen LogP contribution < -0.4 is 11.1 Å². The summed E-state index contributed by atoms with van der Waals surface area (Å²) < 4.78 is 0. The van der Waals surface area contributed by atoms with E-state index in [-0.39, 0.29) is 6.61 Å². The van der Waals surface area contributed by atoms with Crippen LogP contribution in [0.2, 0.25) is 0 Å². The van der Waals surface area contributed by atoms with E-state index >= 15 is 0 Å². The van der Waals surface area contributed by atoms with Crippen LogP contribution in [0, 0.1) is 5.92 Å². The van der Waals surface area contributed by atoms with E-state index in [1.165, 1.54) is 6.08 Å². The summed E-state index contributed by atoms with van der Waals surface area (Å²) in [7, 11) is 0. The van der Waals surface area contributed by atoms with Crippen LogP contribution in [0.4, 0.5) is 0 Å². The molecule has 0 aromatic rings. The maximum absolute atomic E-state index is 10.7. The molecule has 4 nitrogen and oxygen atoms in total. The third-order valence-electron chi connectivity index (χ3n) is 1.85. The summed E-state index contributed by atoms with van der Waals surface area (Å²) in [6.45, 7) is 6.30. The van der Waals surface area contributed by atoms with Gasteiger partial charge < -0.3 is 16.2 Å². The molecule has 0 aliphatic rings. The van der Waals surface area contributed by atoms with E-state index in [0.29, 0.717) is 12.5 Å². The van der Waals surface area contributed by atoms with Gasteiger partial charge in [-0.15, -0.1) is 6.58 Å². The Kier molecular flexibility index (Phi) is 6.18. The molecule has 0 aliphatic heterocycles. The van der Waals surface area contributed by atoms with Crippen LogP contribution in [0.3, 0.4) is 0 Å². The molecule has 0 heterocycles. The molecular weight excluding hydrogens is 168 g/mol. The maximum Gasteiger partial charge on any atom is 0.238 e. The molecule has 2 atom stereocenters. The number of rotatable bonds is 7. The van der Waals surface area contributed by atoms with Crippen LogP contribution in [-0.2, 0) is 4.79 Å². The number of amides is 1. The predicted octanol–water partition coefficient (Wildman–Crippen LogP) is -0.366. The van der Waals surface area contributed by atoms with Gasteiger partial charge in [-0.1, -0.05) is 13.0 Å². The van der Waals surface area contributed by atoms with Crippen LogP contribution in [-0.4, -0.2) is 30.2 Å². The van der Waals surface area contributed by atoms with Gasteiger partial charge in [-0.05, 0) is 18.9 Å². The number of hydrogen-bond donors (Lipinski definition) is 3. The van der Waals surface area contributed by atoms with E-state index in [4.69, 9.17) is 10.8 Å². The third kappa shape index (κ3) is 5.38. The maximum atomic E-state index is 10.7. The topological polar surface area (TPSA) is 75.3 Å². The Morgan fingerprint density at radius 1 is 1.77 bits per heavy atom. The highest BCUT2D eigenvalue weighted by molar-refractivity contribution is 5.81. The molecule has 0 aromatic heterocycles. The normalized spacial score (nSPS) is 14.9. The van der Waals surface area contributed by atoms with Gasteiger partial charge in [-0.3, -0.25) is 4.79 Å². The Morgan fingerprint density at radius 3 is 2.77 bits per heavy atom. The second-order valence-corrected chi connectivity index (χ2v) is 3.14. The van der Waals surface area contributed by atoms with Gasteiger partial charge in [-0.25, -0.2) is 0 Å². The predicted molar refractivity (Wildman–Crippen MR) is 52.0 cm³/mol. The molecule has 2 unspecified atom stereocenters. The molecule has 0 fully saturated rings. The van der Waals surface area contributed by atoms with E-state index in [1.54, 1.807) is 0 Å². The smallest absolute Gasteiger partial charge is 0.238 e. The summed E-state index contributed by atoms with van der Waals surface area (Å²) in [6.07, 6.45) is 2.20. The number of primary amides is 1. The van der Waals surface area contributed by atoms with Crippen LogP contribution in [0.25, 0.3) is 0 Å². The number of carbonyl (C=O) groups excluding carboxylic acids is 1. The van der Waals surface area contributed by atoms with Crippen molar-refractivity contribution in [3.05, 3.63) is 12.7 Å². The number of hydrogen-bond acceptors (Lipinski definition) is 3. The zero-order valence-electron chi connectivity index (χ0n) is 7.99. The summed E-state index contributed by atoms with van der Waals surface area (Å²) >= 11 is 0. The van der Waals surface area contributed by atoms with Gasteiger partial charge in [0.25, 0.3) is 0 Å². The van der Waals surface area contributed by atoms with E-state index in [2.05, 4.69) is 11.9 Å². The molecule has 0 rings (SSSR count). The molecule has 0 aromatic carbocycles. The lowest BCUT2D eigenvalue weighted by Crippen LogP contribution is -2.41. The first-order valence-electron chi connectivity index (χ1n) is 4.38. The second-order valence-electron chi connectivity index (χ2n) is 3.14. The highest BCUT2D eigenvalue weighted by Crippen LogP contribution is 1.98. The average Bonchev–Trinajstić information content (AvgIpc) is 2.05. The minimum Gasteiger partial charge on any atom is -0.396 e. The van der Waals surface area contributed by atoms with Gasteiger partial charge >= 0.3 is 0 Å². The van der Waals surface area contributed by atoms with E-state index in [9.17, 15) is 4.79 Å². The summed E-state index contributed by atoms with van der Waals surface area (Å²) in [6, 6.07) is -0.471. The molecule has 0 radical (unpaired) electrons. The summed E-state index contributed by atoms with van der Waals surface area (Å²) in [5.74, 6) is -0.0991. The Hall–Kier alpha value is -0.870. The molecule has 1 amide bonds. The first kappa shape index (κ1) is 12.1. The lowest BCUT2D eigenvalue weighted by Gasteiger charge is -2.14. The van der Waals surface area contributed by atoms with Gasteiger partial charge in [0, 0.05) is 6.61 Å². The van der Waals surface area contributed by atoms with Crippen molar-refractivity contribution < 1.29 is 9.90 Å². The van der Waals surface area contributed by atoms with E-state index < -0.39 is 11.9 Å². The molecule has 0 spiro atoms. The molecule has 4 heteroatoms. The highest BCUT2D eigenvalue weighted by atomic mass is 16.3. The quantitative estimate of drug-likeness (QED) is 0.475. The molecule has 0 saturated heterocycles. The monoisotopic (exact) mass is 186 g/mol. The fraction of sp³-hybridized carbons (Fsp3) is 0.667. The van der Waals surface area contributed by atoms with Gasteiger partial charge in [0.15, 0.2) is 0 Å². The van der Waals surface area contributed by atoms with Gasteiger partial charge in [0.05, 0.1) is 0 Å². The average molecular weight is 186 g/mol. The van der Waals surface area contributed by atoms with Crippen molar-refractivity contribution in [2.24, 2.45) is 11.7 Å². The number of aliphatic hydroxyl groups is 1. The minimum absolute atomic E-state index is 0.165. The van der Waals surface area contributed by atoms with Crippen molar-refractivity contribution in [1.82, 2.24) is 5.32 Å². The van der Waals surface area contributed by atoms with Crippen LogP contribution in [0.15, 0.2) is 12.7 Å². The lowest BCUT2D eigenvalue weighted by molar-refractivity contribution is -0.118. The van der Waals surface area contributed by atoms with Crippen molar-refractivity contribution in [3.63, 3.8) is 0 Å². The summed E-state index contributed by atoms with van der Waals surface area (Å²) in [4.78, 5) is 10.7. The molecular formula is C9H18N2O2. The molecule has 0 bridgehead atoms. The zero-order valence-corrected chi connectivity index (χ0v) is 7.99. The van der Waals surface area contributed by atoms with Crippen molar-refractivity contribution in [2.75, 3.05) is 13.2 Å². The Bertz CT molecular complexity index is 171. The third-order valence-corrected chi connectivity index (χ3v) is 1.85. The van der Waals surface area contributed by atoms with Crippen molar-refractivity contribution >= 4 is 5.91 Å².